The molecule has 0 aliphatic carbocycles. The highest BCUT2D eigenvalue weighted by atomic mass is 16.2. The maximum Gasteiger partial charge on any atom is 0.238 e. The van der Waals surface area contributed by atoms with Gasteiger partial charge in [0.25, 0.3) is 0 Å². The lowest BCUT2D eigenvalue weighted by Crippen LogP contribution is -2.41. The minimum atomic E-state index is 0.0158. The molecule has 4 heteroatoms. The second-order valence-electron chi connectivity index (χ2n) is 7.05. The number of hydrogen-bond donors (Lipinski definition) is 2. The Balaban J connectivity index is 1.81. The number of carbonyl (C=O) groups is 1. The first-order chi connectivity index (χ1) is 9.86. The van der Waals surface area contributed by atoms with E-state index in [-0.39, 0.29) is 5.91 Å². The number of rotatable bonds is 3. The number of likely N-dealkylation sites (tertiary alicyclic amines) is 1. The van der Waals surface area contributed by atoms with Gasteiger partial charge in [-0.3, -0.25) is 9.69 Å². The Labute approximate surface area is 127 Å². The van der Waals surface area contributed by atoms with Gasteiger partial charge in [0.05, 0.1) is 17.9 Å². The molecule has 0 unspecified atom stereocenters. The zero-order valence-electron chi connectivity index (χ0n) is 13.4. The van der Waals surface area contributed by atoms with Crippen molar-refractivity contribution < 1.29 is 4.79 Å². The molecule has 1 saturated heterocycles. The van der Waals surface area contributed by atoms with Gasteiger partial charge in [0.1, 0.15) is 0 Å². The van der Waals surface area contributed by atoms with Gasteiger partial charge in [-0.25, -0.2) is 0 Å². The summed E-state index contributed by atoms with van der Waals surface area (Å²) in [7, 11) is 0. The third-order valence-electron chi connectivity index (χ3n) is 4.41. The number of anilines is 2. The third-order valence-corrected chi connectivity index (χ3v) is 4.41. The number of nitrogen functional groups attached to an aromatic ring is 1. The number of amides is 1. The second kappa shape index (κ2) is 6.48. The molecular weight excluding hydrogens is 262 g/mol. The van der Waals surface area contributed by atoms with Gasteiger partial charge in [-0.15, -0.1) is 0 Å². The van der Waals surface area contributed by atoms with Crippen molar-refractivity contribution in [3.63, 3.8) is 0 Å². The first-order valence-electron chi connectivity index (χ1n) is 7.73. The average Bonchev–Trinajstić information content (AvgIpc) is 2.41. The molecule has 1 amide bonds. The van der Waals surface area contributed by atoms with Crippen molar-refractivity contribution in [3.8, 4) is 0 Å². The number of nitrogens with two attached hydrogens (primary N) is 1. The van der Waals surface area contributed by atoms with Gasteiger partial charge in [-0.2, -0.15) is 0 Å². The minimum Gasteiger partial charge on any atom is -0.397 e. The number of benzene rings is 1. The van der Waals surface area contributed by atoms with Crippen molar-refractivity contribution in [2.75, 3.05) is 30.7 Å². The van der Waals surface area contributed by atoms with Crippen LogP contribution in [0.2, 0.25) is 0 Å². The lowest BCUT2D eigenvalue weighted by molar-refractivity contribution is -0.117. The molecule has 3 N–H and O–H groups in total. The molecule has 0 bridgehead atoms. The van der Waals surface area contributed by atoms with Crippen molar-refractivity contribution in [3.05, 3.63) is 24.3 Å². The second-order valence-corrected chi connectivity index (χ2v) is 7.05. The number of hydrogen-bond acceptors (Lipinski definition) is 3. The van der Waals surface area contributed by atoms with E-state index in [1.54, 1.807) is 6.07 Å². The molecule has 116 valence electrons. The fraction of sp³-hybridized carbons (Fsp3) is 0.588. The molecule has 1 fully saturated rings. The van der Waals surface area contributed by atoms with E-state index >= 15 is 0 Å². The molecule has 1 aliphatic rings. The molecule has 0 aromatic heterocycles. The van der Waals surface area contributed by atoms with Crippen LogP contribution in [0.3, 0.4) is 0 Å². The van der Waals surface area contributed by atoms with Crippen LogP contribution in [0.5, 0.6) is 0 Å². The maximum atomic E-state index is 12.1. The Morgan fingerprint density at radius 3 is 2.48 bits per heavy atom. The largest absolute Gasteiger partial charge is 0.397 e. The van der Waals surface area contributed by atoms with E-state index in [9.17, 15) is 4.79 Å². The molecule has 2 rings (SSSR count). The summed E-state index contributed by atoms with van der Waals surface area (Å²) < 4.78 is 0. The summed E-state index contributed by atoms with van der Waals surface area (Å²) in [6.07, 6.45) is 2.34. The van der Waals surface area contributed by atoms with Crippen molar-refractivity contribution in [1.82, 2.24) is 4.90 Å². The summed E-state index contributed by atoms with van der Waals surface area (Å²) in [5.41, 5.74) is 7.52. The summed E-state index contributed by atoms with van der Waals surface area (Å²) in [4.78, 5) is 14.3. The highest BCUT2D eigenvalue weighted by molar-refractivity contribution is 5.95. The fourth-order valence-electron chi connectivity index (χ4n) is 2.96. The topological polar surface area (TPSA) is 58.4 Å². The van der Waals surface area contributed by atoms with Crippen LogP contribution in [-0.4, -0.2) is 30.4 Å². The van der Waals surface area contributed by atoms with E-state index in [2.05, 4.69) is 31.0 Å². The molecule has 0 radical (unpaired) electrons. The van der Waals surface area contributed by atoms with E-state index in [0.717, 1.165) is 19.0 Å². The zero-order valence-corrected chi connectivity index (χ0v) is 13.4. The Kier molecular flexibility index (Phi) is 4.88. The normalized spacial score (nSPS) is 17.7. The minimum absolute atomic E-state index is 0.0158. The number of carbonyl (C=O) groups excluding carboxylic acids is 1. The van der Waals surface area contributed by atoms with Crippen LogP contribution in [-0.2, 0) is 4.79 Å². The van der Waals surface area contributed by atoms with Crippen LogP contribution in [0.25, 0.3) is 0 Å². The van der Waals surface area contributed by atoms with Gasteiger partial charge < -0.3 is 11.1 Å². The van der Waals surface area contributed by atoms with E-state index in [1.165, 1.54) is 12.8 Å². The van der Waals surface area contributed by atoms with Crippen molar-refractivity contribution in [2.45, 2.75) is 33.6 Å². The molecule has 4 nitrogen and oxygen atoms in total. The van der Waals surface area contributed by atoms with Crippen molar-refractivity contribution in [2.24, 2.45) is 11.3 Å². The Bertz CT molecular complexity index is 485. The highest BCUT2D eigenvalue weighted by Crippen LogP contribution is 2.34. The number of nitrogens with one attached hydrogen (secondary N) is 1. The number of para-hydroxylation sites is 2. The lowest BCUT2D eigenvalue weighted by atomic mass is 9.75. The summed E-state index contributed by atoms with van der Waals surface area (Å²) >= 11 is 0. The molecule has 0 saturated carbocycles. The Morgan fingerprint density at radius 2 is 1.90 bits per heavy atom. The van der Waals surface area contributed by atoms with Crippen LogP contribution in [0.1, 0.15) is 33.6 Å². The SMILES string of the molecule is CC(C)(C)C1CCN(CC(=O)Nc2ccccc2N)CC1. The lowest BCUT2D eigenvalue weighted by Gasteiger charge is -2.38. The summed E-state index contributed by atoms with van der Waals surface area (Å²) in [5.74, 6) is 0.767. The van der Waals surface area contributed by atoms with Gasteiger partial charge in [-0.05, 0) is 49.4 Å². The quantitative estimate of drug-likeness (QED) is 0.841. The number of nitrogens with zero attached hydrogens (tertiary/aromatic N) is 1. The smallest absolute Gasteiger partial charge is 0.238 e. The van der Waals surface area contributed by atoms with E-state index in [0.29, 0.717) is 23.3 Å². The van der Waals surface area contributed by atoms with E-state index in [1.807, 2.05) is 18.2 Å². The molecule has 0 atom stereocenters. The predicted molar refractivity (Wildman–Crippen MR) is 88.1 cm³/mol. The van der Waals surface area contributed by atoms with Gasteiger partial charge in [-0.1, -0.05) is 32.9 Å². The fourth-order valence-corrected chi connectivity index (χ4v) is 2.96. The van der Waals surface area contributed by atoms with Gasteiger partial charge in [0.15, 0.2) is 0 Å². The first-order valence-corrected chi connectivity index (χ1v) is 7.73. The highest BCUT2D eigenvalue weighted by Gasteiger charge is 2.29. The molecule has 1 aromatic carbocycles. The standard InChI is InChI=1S/C17H27N3O/c1-17(2,3)13-8-10-20(11-9-13)12-16(21)19-15-7-5-4-6-14(15)18/h4-7,13H,8-12,18H2,1-3H3,(H,19,21). The molecule has 0 spiro atoms. The van der Waals surface area contributed by atoms with Crippen molar-refractivity contribution >= 4 is 17.3 Å². The molecule has 1 heterocycles. The monoisotopic (exact) mass is 289 g/mol. The van der Waals surface area contributed by atoms with Gasteiger partial charge in [0, 0.05) is 0 Å². The maximum absolute atomic E-state index is 12.1. The molecular formula is C17H27N3O. The summed E-state index contributed by atoms with van der Waals surface area (Å²) in [6.45, 7) is 9.36. The van der Waals surface area contributed by atoms with Gasteiger partial charge in [0.2, 0.25) is 5.91 Å². The summed E-state index contributed by atoms with van der Waals surface area (Å²) in [6, 6.07) is 7.37. The van der Waals surface area contributed by atoms with Crippen LogP contribution in [0.4, 0.5) is 11.4 Å². The van der Waals surface area contributed by atoms with Gasteiger partial charge >= 0.3 is 0 Å². The van der Waals surface area contributed by atoms with Crippen LogP contribution < -0.4 is 11.1 Å². The van der Waals surface area contributed by atoms with E-state index < -0.39 is 0 Å². The molecule has 1 aromatic rings. The Hall–Kier alpha value is -1.55. The number of piperidine rings is 1. The van der Waals surface area contributed by atoms with E-state index in [4.69, 9.17) is 5.73 Å². The molecule has 21 heavy (non-hydrogen) atoms. The Morgan fingerprint density at radius 1 is 1.29 bits per heavy atom. The van der Waals surface area contributed by atoms with Crippen molar-refractivity contribution in [1.29, 1.82) is 0 Å². The van der Waals surface area contributed by atoms with Crippen LogP contribution in [0.15, 0.2) is 24.3 Å². The van der Waals surface area contributed by atoms with Crippen LogP contribution in [0, 0.1) is 11.3 Å². The predicted octanol–water partition coefficient (Wildman–Crippen LogP) is 2.97. The van der Waals surface area contributed by atoms with Crippen LogP contribution >= 0.6 is 0 Å². The first kappa shape index (κ1) is 15.8. The summed E-state index contributed by atoms with van der Waals surface area (Å²) in [5, 5.41) is 2.89. The molecule has 1 aliphatic heterocycles. The average molecular weight is 289 g/mol. The third kappa shape index (κ3) is 4.46. The zero-order chi connectivity index (χ0) is 15.5.